The lowest BCUT2D eigenvalue weighted by molar-refractivity contribution is -0.140. The molecule has 3 aromatic carbocycles. The summed E-state index contributed by atoms with van der Waals surface area (Å²) in [5, 5.41) is 52.8. The van der Waals surface area contributed by atoms with E-state index in [2.05, 4.69) is 42.5 Å². The maximum Gasteiger partial charge on any atom is 0.323 e. The number of ether oxygens (including phenoxy) is 2. The number of hydrogen-bond acceptors (Lipinski definition) is 11. The van der Waals surface area contributed by atoms with Gasteiger partial charge in [0, 0.05) is 83.3 Å². The number of aliphatic carboxylic acids is 1. The number of aliphatic hydroxyl groups is 2. The van der Waals surface area contributed by atoms with Crippen LogP contribution in [0.1, 0.15) is 47.1 Å². The Bertz CT molecular complexity index is 1930. The van der Waals surface area contributed by atoms with Crippen molar-refractivity contribution in [2.24, 2.45) is 0 Å². The van der Waals surface area contributed by atoms with Gasteiger partial charge in [-0.2, -0.15) is 5.26 Å². The lowest BCUT2D eigenvalue weighted by Crippen LogP contribution is -2.39. The number of nitrogens with zero attached hydrogens (tertiary/aromatic N) is 3. The number of carbonyl (C=O) groups is 1. The highest BCUT2D eigenvalue weighted by atomic mass is 79.9. The minimum Gasteiger partial charge on any atom is -0.488 e. The van der Waals surface area contributed by atoms with E-state index in [1.807, 2.05) is 36.4 Å². The first-order valence-electron chi connectivity index (χ1n) is 17.2. The third-order valence-electron chi connectivity index (χ3n) is 8.98. The van der Waals surface area contributed by atoms with E-state index in [1.165, 1.54) is 12.4 Å². The summed E-state index contributed by atoms with van der Waals surface area (Å²) in [7, 11) is 0. The Hall–Kier alpha value is -4.55. The molecular formula is C39H42BrClN6O6. The predicted octanol–water partition coefficient (Wildman–Crippen LogP) is 5.99. The molecule has 4 aromatic rings. The van der Waals surface area contributed by atoms with Gasteiger partial charge < -0.3 is 40.4 Å². The van der Waals surface area contributed by atoms with Gasteiger partial charge in [-0.15, -0.1) is 0 Å². The largest absolute Gasteiger partial charge is 0.488 e. The molecule has 12 nitrogen and oxygen atoms in total. The topological polar surface area (TPSA) is 184 Å². The van der Waals surface area contributed by atoms with Crippen LogP contribution in [0.25, 0.3) is 11.1 Å². The Kier molecular flexibility index (Phi) is 14.6. The predicted molar refractivity (Wildman–Crippen MR) is 207 cm³/mol. The van der Waals surface area contributed by atoms with E-state index in [4.69, 9.17) is 26.5 Å². The number of anilines is 1. The van der Waals surface area contributed by atoms with Crippen molar-refractivity contribution in [3.05, 3.63) is 104 Å². The molecule has 0 radical (unpaired) electrons. The average Bonchev–Trinajstić information content (AvgIpc) is 3.17. The van der Waals surface area contributed by atoms with E-state index < -0.39 is 18.6 Å². The zero-order chi connectivity index (χ0) is 37.7. The fraction of sp³-hybridized carbons (Fsp3) is 0.333. The molecule has 1 fully saturated rings. The van der Waals surface area contributed by atoms with Gasteiger partial charge in [-0.1, -0.05) is 41.9 Å². The Morgan fingerprint density at radius 3 is 2.58 bits per heavy atom. The Balaban J connectivity index is 1.31. The van der Waals surface area contributed by atoms with Gasteiger partial charge in [0.1, 0.15) is 36.8 Å². The van der Waals surface area contributed by atoms with E-state index in [-0.39, 0.29) is 30.9 Å². The molecule has 1 aliphatic heterocycles. The van der Waals surface area contributed by atoms with Gasteiger partial charge in [-0.05, 0) is 71.1 Å². The van der Waals surface area contributed by atoms with Crippen LogP contribution in [0, 0.1) is 16.7 Å². The van der Waals surface area contributed by atoms with E-state index in [0.717, 1.165) is 77.9 Å². The highest BCUT2D eigenvalue weighted by molar-refractivity contribution is 9.10. The Labute approximate surface area is 322 Å². The van der Waals surface area contributed by atoms with Gasteiger partial charge in [0.25, 0.3) is 0 Å². The van der Waals surface area contributed by atoms with Crippen LogP contribution in [0.4, 0.5) is 5.69 Å². The molecule has 5 rings (SSSR count). The van der Waals surface area contributed by atoms with Crippen molar-refractivity contribution >= 4 is 45.4 Å². The molecule has 14 heteroatoms. The highest BCUT2D eigenvalue weighted by Crippen LogP contribution is 2.38. The minimum absolute atomic E-state index is 0.0314. The maximum absolute atomic E-state index is 11.5. The van der Waals surface area contributed by atoms with Crippen LogP contribution in [-0.4, -0.2) is 82.3 Å². The number of aromatic nitrogens is 1. The van der Waals surface area contributed by atoms with Crippen LogP contribution in [0.3, 0.4) is 0 Å². The number of carboxylic acids is 1. The number of halogens is 2. The first-order valence-corrected chi connectivity index (χ1v) is 18.4. The first kappa shape index (κ1) is 39.7. The van der Waals surface area contributed by atoms with Gasteiger partial charge in [0.2, 0.25) is 0 Å². The summed E-state index contributed by atoms with van der Waals surface area (Å²) in [4.78, 5) is 18.0. The number of pyridine rings is 1. The summed E-state index contributed by atoms with van der Waals surface area (Å²) in [5.41, 5.74) is 5.82. The van der Waals surface area contributed by atoms with Crippen LogP contribution in [0.5, 0.6) is 11.5 Å². The summed E-state index contributed by atoms with van der Waals surface area (Å²) in [5.74, 6) is -0.505. The lowest BCUT2D eigenvalue weighted by Gasteiger charge is -2.29. The third-order valence-corrected chi connectivity index (χ3v) is 10.2. The van der Waals surface area contributed by atoms with E-state index in [0.29, 0.717) is 28.2 Å². The molecule has 6 N–H and O–H groups in total. The number of piperidine rings is 1. The maximum atomic E-state index is 11.5. The fourth-order valence-electron chi connectivity index (χ4n) is 6.04. The quantitative estimate of drug-likeness (QED) is 0.0514. The number of aliphatic hydroxyl groups excluding tert-OH is 2. The Morgan fingerprint density at radius 2 is 1.85 bits per heavy atom. The smallest absolute Gasteiger partial charge is 0.323 e. The summed E-state index contributed by atoms with van der Waals surface area (Å²) in [6.07, 6.45) is 6.80. The molecule has 0 spiro atoms. The molecule has 1 saturated heterocycles. The molecule has 2 heterocycles. The van der Waals surface area contributed by atoms with Gasteiger partial charge in [0.15, 0.2) is 0 Å². The van der Waals surface area contributed by atoms with Crippen LogP contribution >= 0.6 is 27.5 Å². The number of benzene rings is 3. The normalized spacial score (nSPS) is 13.9. The van der Waals surface area contributed by atoms with Crippen molar-refractivity contribution < 1.29 is 29.6 Å². The van der Waals surface area contributed by atoms with Gasteiger partial charge in [-0.3, -0.25) is 15.1 Å². The molecule has 0 amide bonds. The Morgan fingerprint density at radius 1 is 1.09 bits per heavy atom. The zero-order valence-electron chi connectivity index (χ0n) is 29.0. The van der Waals surface area contributed by atoms with Crippen LogP contribution in [0.2, 0.25) is 5.02 Å². The second kappa shape index (κ2) is 19.5. The molecule has 53 heavy (non-hydrogen) atoms. The molecule has 1 atom stereocenters. The molecule has 1 unspecified atom stereocenters. The number of hydrogen-bond donors (Lipinski definition) is 6. The van der Waals surface area contributed by atoms with Crippen LogP contribution < -0.4 is 20.1 Å². The number of likely N-dealkylation sites (tertiary alicyclic amines) is 1. The molecule has 0 saturated carbocycles. The number of rotatable bonds is 18. The monoisotopic (exact) mass is 804 g/mol. The molecule has 1 aromatic heterocycles. The third kappa shape index (κ3) is 10.8. The molecule has 0 aliphatic carbocycles. The lowest BCUT2D eigenvalue weighted by atomic mass is 9.97. The summed E-state index contributed by atoms with van der Waals surface area (Å²) in [6, 6.07) is 17.5. The van der Waals surface area contributed by atoms with Gasteiger partial charge in [0.05, 0.1) is 23.3 Å². The molecule has 278 valence electrons. The number of nitrogens with one attached hydrogen (secondary N) is 3. The SMILES string of the molecule is N#Cc1cncc(COc2cc(OCc3cccc(-c4cccc(NCCCN5CCC(O)CC5)c4C=N)c3Br)c(Cl)cc2CNC(CO)C(=O)O)c1. The van der Waals surface area contributed by atoms with Crippen LogP contribution in [0.15, 0.2) is 71.5 Å². The standard InChI is InChI=1S/C39H42BrClN6O6/c40-38-27(4-1-6-31(38)30-5-2-7-34(32(30)18-43)45-10-3-11-47-12-8-29(49)9-13-47)24-53-37-16-36(52-23-26-14-25(17-42)19-44-20-26)28(15-33(37)41)21-46-35(22-48)39(50)51/h1-2,4-7,14-16,18-20,29,35,43,45-46,48-49H,3,8-13,21-24H2,(H,50,51). The summed E-state index contributed by atoms with van der Waals surface area (Å²) < 4.78 is 13.2. The van der Waals surface area contributed by atoms with Crippen molar-refractivity contribution in [2.45, 2.75) is 51.2 Å². The number of nitriles is 1. The average molecular weight is 806 g/mol. The fourth-order valence-corrected chi connectivity index (χ4v) is 6.88. The van der Waals surface area contributed by atoms with E-state index in [1.54, 1.807) is 24.4 Å². The van der Waals surface area contributed by atoms with Crippen molar-refractivity contribution in [3.8, 4) is 28.7 Å². The van der Waals surface area contributed by atoms with Crippen molar-refractivity contribution in [1.29, 1.82) is 10.7 Å². The first-order chi connectivity index (χ1) is 25.7. The summed E-state index contributed by atoms with van der Waals surface area (Å²) >= 11 is 10.5. The molecule has 1 aliphatic rings. The van der Waals surface area contributed by atoms with Crippen molar-refractivity contribution in [1.82, 2.24) is 15.2 Å². The second-order valence-corrected chi connectivity index (χ2v) is 13.9. The van der Waals surface area contributed by atoms with Gasteiger partial charge in [-0.25, -0.2) is 0 Å². The van der Waals surface area contributed by atoms with Crippen LogP contribution in [-0.2, 0) is 24.6 Å². The van der Waals surface area contributed by atoms with Crippen molar-refractivity contribution in [3.63, 3.8) is 0 Å². The van der Waals surface area contributed by atoms with E-state index >= 15 is 0 Å². The second-order valence-electron chi connectivity index (χ2n) is 12.7. The molecular weight excluding hydrogens is 764 g/mol. The van der Waals surface area contributed by atoms with E-state index in [9.17, 15) is 25.4 Å². The highest BCUT2D eigenvalue weighted by Gasteiger charge is 2.20. The molecule has 0 bridgehead atoms. The number of carboxylic acid groups (broad SMARTS) is 1. The van der Waals surface area contributed by atoms with Crippen molar-refractivity contribution in [2.75, 3.05) is 38.1 Å². The zero-order valence-corrected chi connectivity index (χ0v) is 31.4. The summed E-state index contributed by atoms with van der Waals surface area (Å²) in [6.45, 7) is 3.17. The minimum atomic E-state index is -1.20. The van der Waals surface area contributed by atoms with Gasteiger partial charge >= 0.3 is 5.97 Å².